The molecule has 1 unspecified atom stereocenters. The Labute approximate surface area is 118 Å². The quantitative estimate of drug-likeness (QED) is 0.376. The molecule has 0 aliphatic heterocycles. The Morgan fingerprint density at radius 2 is 2.21 bits per heavy atom. The summed E-state index contributed by atoms with van der Waals surface area (Å²) in [6.07, 6.45) is 1.30. The van der Waals surface area contributed by atoms with E-state index in [0.717, 1.165) is 5.39 Å². The average molecular weight is 322 g/mol. The summed E-state index contributed by atoms with van der Waals surface area (Å²) in [5, 5.41) is 0.818. The van der Waals surface area contributed by atoms with Gasteiger partial charge in [0, 0.05) is 5.39 Å². The molecule has 0 bridgehead atoms. The van der Waals surface area contributed by atoms with Crippen LogP contribution in [0.2, 0.25) is 0 Å². The van der Waals surface area contributed by atoms with Crippen molar-refractivity contribution in [2.75, 3.05) is 0 Å². The Morgan fingerprint density at radius 3 is 2.89 bits per heavy atom. The van der Waals surface area contributed by atoms with Gasteiger partial charge in [-0.1, -0.05) is 41.1 Å². The topological polar surface area (TPSA) is 56.3 Å². The van der Waals surface area contributed by atoms with Crippen molar-refractivity contribution in [3.05, 3.63) is 36.0 Å². The van der Waals surface area contributed by atoms with Gasteiger partial charge in [0.1, 0.15) is 16.0 Å². The molecule has 0 saturated carbocycles. The highest BCUT2D eigenvalue weighted by Gasteiger charge is 2.16. The Hall–Kier alpha value is -1.75. The molecule has 0 fully saturated rings. The molecule has 2 rings (SSSR count). The second kappa shape index (κ2) is 5.93. The number of esters is 1. The standard InChI is InChI=1S/C14H12BrNO3/c1-2-11(15)14(18)19-12-5-3-4-9-6-7-10(8-17)16-13(9)12/h3-8,11H,2H2,1H3. The van der Waals surface area contributed by atoms with Gasteiger partial charge >= 0.3 is 5.97 Å². The molecule has 0 aliphatic rings. The number of carbonyl (C=O) groups excluding carboxylic acids is 2. The van der Waals surface area contributed by atoms with Crippen LogP contribution in [0.25, 0.3) is 10.9 Å². The number of benzene rings is 1. The van der Waals surface area contributed by atoms with Gasteiger partial charge in [-0.2, -0.15) is 0 Å². The first kappa shape index (κ1) is 13.7. The summed E-state index contributed by atoms with van der Waals surface area (Å²) in [4.78, 5) is 26.4. The minimum Gasteiger partial charge on any atom is -0.423 e. The van der Waals surface area contributed by atoms with Crippen LogP contribution in [0.3, 0.4) is 0 Å². The van der Waals surface area contributed by atoms with E-state index in [1.165, 1.54) is 0 Å². The molecule has 0 aliphatic carbocycles. The van der Waals surface area contributed by atoms with Crippen molar-refractivity contribution in [1.29, 1.82) is 0 Å². The number of carbonyl (C=O) groups is 2. The van der Waals surface area contributed by atoms with E-state index in [9.17, 15) is 9.59 Å². The summed E-state index contributed by atoms with van der Waals surface area (Å²) in [5.41, 5.74) is 0.818. The zero-order chi connectivity index (χ0) is 13.8. The second-order valence-electron chi connectivity index (χ2n) is 3.98. The lowest BCUT2D eigenvalue weighted by atomic mass is 10.2. The highest BCUT2D eigenvalue weighted by Crippen LogP contribution is 2.25. The maximum absolute atomic E-state index is 11.8. The number of fused-ring (bicyclic) bond motifs is 1. The summed E-state index contributed by atoms with van der Waals surface area (Å²) in [7, 11) is 0. The third kappa shape index (κ3) is 2.98. The molecule has 1 aromatic heterocycles. The lowest BCUT2D eigenvalue weighted by Gasteiger charge is -2.09. The summed E-state index contributed by atoms with van der Waals surface area (Å²) in [6.45, 7) is 1.88. The molecule has 0 amide bonds. The van der Waals surface area contributed by atoms with Gasteiger partial charge in [0.05, 0.1) is 0 Å². The third-order valence-corrected chi connectivity index (χ3v) is 3.67. The van der Waals surface area contributed by atoms with Crippen LogP contribution >= 0.6 is 15.9 Å². The van der Waals surface area contributed by atoms with Crippen molar-refractivity contribution in [2.24, 2.45) is 0 Å². The minimum atomic E-state index is -0.367. The fraction of sp³-hybridized carbons (Fsp3) is 0.214. The molecule has 1 heterocycles. The predicted molar refractivity (Wildman–Crippen MR) is 75.8 cm³/mol. The number of halogens is 1. The molecule has 0 N–H and O–H groups in total. The first-order chi connectivity index (χ1) is 9.15. The molecule has 19 heavy (non-hydrogen) atoms. The molecule has 0 spiro atoms. The largest absolute Gasteiger partial charge is 0.423 e. The smallest absolute Gasteiger partial charge is 0.325 e. The van der Waals surface area contributed by atoms with Crippen LogP contribution in [0.15, 0.2) is 30.3 Å². The second-order valence-corrected chi connectivity index (χ2v) is 5.08. The van der Waals surface area contributed by atoms with E-state index in [4.69, 9.17) is 4.74 Å². The van der Waals surface area contributed by atoms with Crippen LogP contribution in [0, 0.1) is 0 Å². The fourth-order valence-corrected chi connectivity index (χ4v) is 1.72. The lowest BCUT2D eigenvalue weighted by Crippen LogP contribution is -2.19. The van der Waals surface area contributed by atoms with E-state index in [1.807, 2.05) is 13.0 Å². The number of ether oxygens (including phenoxy) is 1. The van der Waals surface area contributed by atoms with Crippen molar-refractivity contribution >= 4 is 39.1 Å². The Balaban J connectivity index is 2.42. The van der Waals surface area contributed by atoms with Crippen LogP contribution in [0.4, 0.5) is 0 Å². The maximum atomic E-state index is 11.8. The number of hydrogen-bond donors (Lipinski definition) is 0. The van der Waals surface area contributed by atoms with Crippen LogP contribution in [-0.2, 0) is 4.79 Å². The van der Waals surface area contributed by atoms with Crippen molar-refractivity contribution in [1.82, 2.24) is 4.98 Å². The number of aldehydes is 1. The van der Waals surface area contributed by atoms with Crippen molar-refractivity contribution < 1.29 is 14.3 Å². The highest BCUT2D eigenvalue weighted by molar-refractivity contribution is 9.10. The van der Waals surface area contributed by atoms with Gasteiger partial charge in [0.15, 0.2) is 12.0 Å². The SMILES string of the molecule is CCC(Br)C(=O)Oc1cccc2ccc(C=O)nc12. The van der Waals surface area contributed by atoms with Gasteiger partial charge in [0.25, 0.3) is 0 Å². The molecule has 4 nitrogen and oxygen atoms in total. The number of rotatable bonds is 4. The van der Waals surface area contributed by atoms with Gasteiger partial charge in [-0.25, -0.2) is 4.98 Å². The number of hydrogen-bond acceptors (Lipinski definition) is 4. The summed E-state index contributed by atoms with van der Waals surface area (Å²) in [6, 6.07) is 8.69. The van der Waals surface area contributed by atoms with Crippen molar-refractivity contribution in [2.45, 2.75) is 18.2 Å². The number of para-hydroxylation sites is 1. The highest BCUT2D eigenvalue weighted by atomic mass is 79.9. The van der Waals surface area contributed by atoms with E-state index in [2.05, 4.69) is 20.9 Å². The van der Waals surface area contributed by atoms with Crippen LogP contribution in [0.5, 0.6) is 5.75 Å². The van der Waals surface area contributed by atoms with E-state index < -0.39 is 0 Å². The molecule has 0 radical (unpaired) electrons. The molecule has 5 heteroatoms. The fourth-order valence-electron chi connectivity index (χ4n) is 1.62. The first-order valence-electron chi connectivity index (χ1n) is 5.86. The number of pyridine rings is 1. The zero-order valence-electron chi connectivity index (χ0n) is 10.3. The van der Waals surface area contributed by atoms with E-state index in [-0.39, 0.29) is 10.8 Å². The maximum Gasteiger partial charge on any atom is 0.325 e. The van der Waals surface area contributed by atoms with Crippen molar-refractivity contribution in [3.63, 3.8) is 0 Å². The predicted octanol–water partition coefficient (Wildman–Crippen LogP) is 3.13. The van der Waals surface area contributed by atoms with Crippen molar-refractivity contribution in [3.8, 4) is 5.75 Å². The molecule has 0 saturated heterocycles. The molecule has 1 aromatic carbocycles. The minimum absolute atomic E-state index is 0.307. The zero-order valence-corrected chi connectivity index (χ0v) is 11.9. The lowest BCUT2D eigenvalue weighted by molar-refractivity contribution is -0.133. The Bertz CT molecular complexity index is 627. The number of aromatic nitrogens is 1. The molecular weight excluding hydrogens is 310 g/mol. The summed E-state index contributed by atoms with van der Waals surface area (Å²) >= 11 is 3.24. The van der Waals surface area contributed by atoms with Crippen LogP contribution < -0.4 is 4.74 Å². The van der Waals surface area contributed by atoms with E-state index in [0.29, 0.717) is 29.7 Å². The average Bonchev–Trinajstić information content (AvgIpc) is 2.46. The van der Waals surface area contributed by atoms with E-state index >= 15 is 0 Å². The summed E-state index contributed by atoms with van der Waals surface area (Å²) < 4.78 is 5.32. The molecule has 1 atom stereocenters. The molecule has 98 valence electrons. The third-order valence-electron chi connectivity index (χ3n) is 2.65. The van der Waals surface area contributed by atoms with E-state index in [1.54, 1.807) is 24.3 Å². The normalized spacial score (nSPS) is 12.1. The van der Waals surface area contributed by atoms with Gasteiger partial charge in [-0.05, 0) is 18.6 Å². The monoisotopic (exact) mass is 321 g/mol. The molecular formula is C14H12BrNO3. The van der Waals surface area contributed by atoms with Gasteiger partial charge in [-0.3, -0.25) is 9.59 Å². The van der Waals surface area contributed by atoms with Gasteiger partial charge in [-0.15, -0.1) is 0 Å². The first-order valence-corrected chi connectivity index (χ1v) is 6.78. The number of nitrogens with zero attached hydrogens (tertiary/aromatic N) is 1. The Kier molecular flexibility index (Phi) is 4.27. The van der Waals surface area contributed by atoms with Crippen LogP contribution in [0.1, 0.15) is 23.8 Å². The van der Waals surface area contributed by atoms with Gasteiger partial charge in [0.2, 0.25) is 0 Å². The van der Waals surface area contributed by atoms with Crippen LogP contribution in [-0.4, -0.2) is 22.1 Å². The Morgan fingerprint density at radius 1 is 1.42 bits per heavy atom. The summed E-state index contributed by atoms with van der Waals surface area (Å²) in [5.74, 6) is -0.00240. The van der Waals surface area contributed by atoms with Gasteiger partial charge < -0.3 is 4.74 Å². The number of alkyl halides is 1. The molecule has 2 aromatic rings.